The zero-order chi connectivity index (χ0) is 14.0. The first kappa shape index (κ1) is 13.1. The zero-order valence-corrected chi connectivity index (χ0v) is 10.6. The number of nitrogens with two attached hydrogens (primary N) is 1. The summed E-state index contributed by atoms with van der Waals surface area (Å²) in [5.74, 6) is -0.776. The number of rotatable bonds is 3. The smallest absolute Gasteiger partial charge is 0.151 e. The molecule has 100 valence electrons. The van der Waals surface area contributed by atoms with Crippen LogP contribution >= 0.6 is 0 Å². The van der Waals surface area contributed by atoms with Gasteiger partial charge in [-0.2, -0.15) is 0 Å². The van der Waals surface area contributed by atoms with E-state index in [2.05, 4.69) is 5.32 Å². The summed E-state index contributed by atoms with van der Waals surface area (Å²) < 4.78 is 32.4. The third-order valence-corrected chi connectivity index (χ3v) is 2.76. The highest BCUT2D eigenvalue weighted by Gasteiger charge is 2.11. The molecule has 0 unspecified atom stereocenters. The summed E-state index contributed by atoms with van der Waals surface area (Å²) in [4.78, 5) is 0. The number of hydrogen-bond donors (Lipinski definition) is 2. The van der Waals surface area contributed by atoms with Gasteiger partial charge in [-0.3, -0.25) is 0 Å². The van der Waals surface area contributed by atoms with Gasteiger partial charge in [0.25, 0.3) is 0 Å². The van der Waals surface area contributed by atoms with Crippen molar-refractivity contribution < 1.29 is 13.5 Å². The van der Waals surface area contributed by atoms with Crippen molar-refractivity contribution in [1.29, 1.82) is 0 Å². The minimum absolute atomic E-state index is 0.0482. The first-order valence-electron chi connectivity index (χ1n) is 5.67. The monoisotopic (exact) mass is 264 g/mol. The lowest BCUT2D eigenvalue weighted by Crippen LogP contribution is -2.01. The van der Waals surface area contributed by atoms with Gasteiger partial charge in [0.15, 0.2) is 11.6 Å². The summed E-state index contributed by atoms with van der Waals surface area (Å²) in [6, 6.07) is 7.33. The van der Waals surface area contributed by atoms with Gasteiger partial charge in [0, 0.05) is 11.4 Å². The largest absolute Gasteiger partial charge is 0.497 e. The van der Waals surface area contributed by atoms with Crippen LogP contribution in [0.3, 0.4) is 0 Å². The van der Waals surface area contributed by atoms with Crippen molar-refractivity contribution in [3.05, 3.63) is 47.5 Å². The van der Waals surface area contributed by atoms with Gasteiger partial charge in [0.1, 0.15) is 11.4 Å². The summed E-state index contributed by atoms with van der Waals surface area (Å²) in [5.41, 5.74) is 6.61. The molecule has 0 saturated heterocycles. The van der Waals surface area contributed by atoms with Gasteiger partial charge in [-0.15, -0.1) is 0 Å². The maximum Gasteiger partial charge on any atom is 0.151 e. The second-order valence-electron chi connectivity index (χ2n) is 4.17. The maximum atomic E-state index is 13.7. The van der Waals surface area contributed by atoms with Crippen molar-refractivity contribution in [3.8, 4) is 5.75 Å². The van der Waals surface area contributed by atoms with Crippen LogP contribution < -0.4 is 15.8 Å². The number of hydrogen-bond acceptors (Lipinski definition) is 3. The average Bonchev–Trinajstić information content (AvgIpc) is 2.35. The van der Waals surface area contributed by atoms with Crippen LogP contribution in [0.5, 0.6) is 5.75 Å². The van der Waals surface area contributed by atoms with Crippen molar-refractivity contribution in [2.75, 3.05) is 18.2 Å². The molecule has 0 radical (unpaired) electrons. The fourth-order valence-electron chi connectivity index (χ4n) is 1.75. The van der Waals surface area contributed by atoms with E-state index in [0.29, 0.717) is 11.4 Å². The van der Waals surface area contributed by atoms with Crippen LogP contribution in [-0.4, -0.2) is 7.11 Å². The van der Waals surface area contributed by atoms with Crippen molar-refractivity contribution in [2.45, 2.75) is 6.92 Å². The Balaban J connectivity index is 2.36. The minimum Gasteiger partial charge on any atom is -0.497 e. The van der Waals surface area contributed by atoms with Gasteiger partial charge in [-0.25, -0.2) is 8.78 Å². The molecule has 0 aromatic heterocycles. The van der Waals surface area contributed by atoms with E-state index in [-0.39, 0.29) is 11.4 Å². The molecule has 0 atom stereocenters. The Labute approximate surface area is 110 Å². The van der Waals surface area contributed by atoms with Crippen LogP contribution in [-0.2, 0) is 0 Å². The number of nitrogen functional groups attached to an aromatic ring is 1. The van der Waals surface area contributed by atoms with Gasteiger partial charge in [-0.1, -0.05) is 0 Å². The Bertz CT molecular complexity index is 591. The molecule has 0 spiro atoms. The lowest BCUT2D eigenvalue weighted by molar-refractivity contribution is 0.414. The molecule has 2 rings (SSSR count). The Morgan fingerprint density at radius 1 is 1.11 bits per heavy atom. The molecule has 0 heterocycles. The number of ether oxygens (including phenoxy) is 1. The van der Waals surface area contributed by atoms with Crippen molar-refractivity contribution in [3.63, 3.8) is 0 Å². The molecule has 19 heavy (non-hydrogen) atoms. The Morgan fingerprint density at radius 3 is 2.26 bits per heavy atom. The van der Waals surface area contributed by atoms with E-state index in [1.807, 2.05) is 6.92 Å². The first-order chi connectivity index (χ1) is 9.01. The second kappa shape index (κ2) is 5.14. The van der Waals surface area contributed by atoms with Gasteiger partial charge >= 0.3 is 0 Å². The number of benzene rings is 2. The van der Waals surface area contributed by atoms with E-state index >= 15 is 0 Å². The fraction of sp³-hybridized carbons (Fsp3) is 0.143. The lowest BCUT2D eigenvalue weighted by atomic mass is 10.1. The molecule has 0 fully saturated rings. The maximum absolute atomic E-state index is 13.7. The van der Waals surface area contributed by atoms with Crippen molar-refractivity contribution in [1.82, 2.24) is 0 Å². The highest BCUT2D eigenvalue weighted by atomic mass is 19.1. The highest BCUT2D eigenvalue weighted by molar-refractivity contribution is 5.66. The fourth-order valence-corrected chi connectivity index (χ4v) is 1.75. The number of methoxy groups -OCH3 is 1. The van der Waals surface area contributed by atoms with E-state index in [4.69, 9.17) is 10.5 Å². The predicted octanol–water partition coefficient (Wildman–Crippen LogP) is 3.61. The molecule has 0 aliphatic carbocycles. The topological polar surface area (TPSA) is 47.3 Å². The number of aryl methyl sites for hydroxylation is 1. The quantitative estimate of drug-likeness (QED) is 0.832. The molecule has 0 amide bonds. The van der Waals surface area contributed by atoms with E-state index in [1.54, 1.807) is 25.3 Å². The van der Waals surface area contributed by atoms with Crippen LogP contribution in [0, 0.1) is 18.6 Å². The molecule has 3 N–H and O–H groups in total. The third kappa shape index (κ3) is 2.76. The van der Waals surface area contributed by atoms with E-state index in [9.17, 15) is 8.78 Å². The van der Waals surface area contributed by atoms with Crippen LogP contribution in [0.15, 0.2) is 30.3 Å². The molecule has 0 aliphatic heterocycles. The molecule has 0 saturated carbocycles. The predicted molar refractivity (Wildman–Crippen MR) is 71.8 cm³/mol. The minimum atomic E-state index is -0.729. The van der Waals surface area contributed by atoms with Gasteiger partial charge in [0.05, 0.1) is 7.11 Å². The second-order valence-corrected chi connectivity index (χ2v) is 4.17. The lowest BCUT2D eigenvalue weighted by Gasteiger charge is -2.12. The molecule has 0 aliphatic rings. The van der Waals surface area contributed by atoms with E-state index < -0.39 is 11.6 Å². The normalized spacial score (nSPS) is 10.3. The Hall–Kier alpha value is -2.30. The van der Waals surface area contributed by atoms with Gasteiger partial charge in [-0.05, 0) is 42.8 Å². The summed E-state index contributed by atoms with van der Waals surface area (Å²) in [6.45, 7) is 1.82. The standard InChI is InChI=1S/C14H14F2N2O/c1-8-5-10(19-2)3-4-13(8)18-14-11(15)6-9(17)7-12(14)16/h3-7,18H,17H2,1-2H3. The summed E-state index contributed by atoms with van der Waals surface area (Å²) in [5, 5.41) is 2.73. The summed E-state index contributed by atoms with van der Waals surface area (Å²) >= 11 is 0. The molecule has 3 nitrogen and oxygen atoms in total. The van der Waals surface area contributed by atoms with Crippen LogP contribution in [0.4, 0.5) is 25.8 Å². The zero-order valence-electron chi connectivity index (χ0n) is 10.6. The van der Waals surface area contributed by atoms with Crippen LogP contribution in [0.25, 0.3) is 0 Å². The molecule has 5 heteroatoms. The van der Waals surface area contributed by atoms with E-state index in [1.165, 1.54) is 0 Å². The molecule has 2 aromatic rings. The van der Waals surface area contributed by atoms with Gasteiger partial charge < -0.3 is 15.8 Å². The van der Waals surface area contributed by atoms with Crippen LogP contribution in [0.1, 0.15) is 5.56 Å². The summed E-state index contributed by atoms with van der Waals surface area (Å²) in [6.07, 6.45) is 0. The first-order valence-corrected chi connectivity index (χ1v) is 5.67. The summed E-state index contributed by atoms with van der Waals surface area (Å²) in [7, 11) is 1.56. The average molecular weight is 264 g/mol. The number of halogens is 2. The highest BCUT2D eigenvalue weighted by Crippen LogP contribution is 2.28. The van der Waals surface area contributed by atoms with E-state index in [0.717, 1.165) is 17.7 Å². The molecule has 2 aromatic carbocycles. The molecule has 0 bridgehead atoms. The van der Waals surface area contributed by atoms with Crippen LogP contribution in [0.2, 0.25) is 0 Å². The Kier molecular flexibility index (Phi) is 3.55. The Morgan fingerprint density at radius 2 is 1.74 bits per heavy atom. The molecular weight excluding hydrogens is 250 g/mol. The van der Waals surface area contributed by atoms with Crippen molar-refractivity contribution in [2.24, 2.45) is 0 Å². The van der Waals surface area contributed by atoms with Gasteiger partial charge in [0.2, 0.25) is 0 Å². The SMILES string of the molecule is COc1ccc(Nc2c(F)cc(N)cc2F)c(C)c1. The van der Waals surface area contributed by atoms with Crippen molar-refractivity contribution >= 4 is 17.1 Å². The number of nitrogens with one attached hydrogen (secondary N) is 1. The third-order valence-electron chi connectivity index (χ3n) is 2.76. The number of anilines is 3. The molecular formula is C14H14F2N2O.